The van der Waals surface area contributed by atoms with Gasteiger partial charge in [0.05, 0.1) is 6.61 Å². The van der Waals surface area contributed by atoms with Crippen LogP contribution >= 0.6 is 0 Å². The van der Waals surface area contributed by atoms with E-state index < -0.39 is 0 Å². The average molecular weight is 130 g/mol. The van der Waals surface area contributed by atoms with Crippen LogP contribution in [0.3, 0.4) is 0 Å². The van der Waals surface area contributed by atoms with Gasteiger partial charge in [0.25, 0.3) is 0 Å². The van der Waals surface area contributed by atoms with E-state index in [-0.39, 0.29) is 0 Å². The Morgan fingerprint density at radius 3 is 3.22 bits per heavy atom. The normalized spacial score (nSPS) is 17.1. The molecular weight excluding hydrogens is 120 g/mol. The maximum atomic E-state index is 5.38. The van der Waals surface area contributed by atoms with E-state index in [1.54, 1.807) is 0 Å². The van der Waals surface area contributed by atoms with Gasteiger partial charge in [0.2, 0.25) is 5.88 Å². The molecule has 0 amide bonds. The summed E-state index contributed by atoms with van der Waals surface area (Å²) < 4.78 is 9.89. The van der Waals surface area contributed by atoms with Gasteiger partial charge in [0.1, 0.15) is 6.26 Å². The Balaban J connectivity index is 2.38. The highest BCUT2D eigenvalue weighted by Gasteiger charge is 2.11. The van der Waals surface area contributed by atoms with Crippen LogP contribution in [0.5, 0.6) is 0 Å². The van der Waals surface area contributed by atoms with Crippen molar-refractivity contribution in [3.05, 3.63) is 12.1 Å². The summed E-state index contributed by atoms with van der Waals surface area (Å²) in [4.78, 5) is 0. The van der Waals surface area contributed by atoms with Gasteiger partial charge in [-0.2, -0.15) is 0 Å². The van der Waals surface area contributed by atoms with Crippen LogP contribution in [0.1, 0.15) is 6.92 Å². The van der Waals surface area contributed by atoms with E-state index in [2.05, 4.69) is 0 Å². The third kappa shape index (κ3) is 1.26. The first-order valence-electron chi connectivity index (χ1n) is 2.81. The van der Waals surface area contributed by atoms with Crippen LogP contribution in [0.15, 0.2) is 12.1 Å². The molecule has 0 aromatic carbocycles. The molecule has 2 N–H and O–H groups in total. The average Bonchev–Trinajstić information content (AvgIpc) is 2.18. The molecule has 0 aromatic heterocycles. The molecule has 9 heavy (non-hydrogen) atoms. The standard InChI is InChI=1S/C5H10N2O2/c1-2-9-5-3-8-4-7(5)6/h3H,2,4,6H2,1H3. The molecule has 0 aromatic rings. The predicted molar refractivity (Wildman–Crippen MR) is 31.7 cm³/mol. The highest BCUT2D eigenvalue weighted by Crippen LogP contribution is 2.07. The zero-order valence-corrected chi connectivity index (χ0v) is 5.33. The van der Waals surface area contributed by atoms with Gasteiger partial charge in [-0.15, -0.1) is 0 Å². The van der Waals surface area contributed by atoms with E-state index in [9.17, 15) is 0 Å². The molecule has 0 atom stereocenters. The monoisotopic (exact) mass is 130 g/mol. The van der Waals surface area contributed by atoms with E-state index >= 15 is 0 Å². The second kappa shape index (κ2) is 2.59. The van der Waals surface area contributed by atoms with Crippen LogP contribution in [-0.2, 0) is 9.47 Å². The van der Waals surface area contributed by atoms with Crippen molar-refractivity contribution in [3.8, 4) is 0 Å². The molecule has 0 unspecified atom stereocenters. The first kappa shape index (κ1) is 6.22. The van der Waals surface area contributed by atoms with Crippen molar-refractivity contribution in [1.29, 1.82) is 0 Å². The van der Waals surface area contributed by atoms with Gasteiger partial charge in [-0.3, -0.25) is 0 Å². The molecule has 52 valence electrons. The Hall–Kier alpha value is -0.900. The number of rotatable bonds is 2. The molecule has 0 spiro atoms. The summed E-state index contributed by atoms with van der Waals surface area (Å²) >= 11 is 0. The first-order chi connectivity index (χ1) is 4.34. The molecule has 1 aliphatic rings. The van der Waals surface area contributed by atoms with Gasteiger partial charge in [0, 0.05) is 0 Å². The molecule has 1 heterocycles. The Labute approximate surface area is 53.8 Å². The van der Waals surface area contributed by atoms with Crippen molar-refractivity contribution >= 4 is 0 Å². The van der Waals surface area contributed by atoms with E-state index in [1.165, 1.54) is 11.3 Å². The number of hydrogen-bond acceptors (Lipinski definition) is 4. The number of nitrogens with two attached hydrogens (primary N) is 1. The summed E-state index contributed by atoms with van der Waals surface area (Å²) in [5, 5.41) is 1.41. The highest BCUT2D eigenvalue weighted by atomic mass is 16.6. The van der Waals surface area contributed by atoms with Gasteiger partial charge in [-0.1, -0.05) is 0 Å². The van der Waals surface area contributed by atoms with Crippen molar-refractivity contribution in [2.24, 2.45) is 5.84 Å². The highest BCUT2D eigenvalue weighted by molar-refractivity contribution is 4.88. The number of ether oxygens (including phenoxy) is 2. The quantitative estimate of drug-likeness (QED) is 0.534. The van der Waals surface area contributed by atoms with Crippen molar-refractivity contribution < 1.29 is 9.47 Å². The van der Waals surface area contributed by atoms with Crippen molar-refractivity contribution in [1.82, 2.24) is 5.01 Å². The lowest BCUT2D eigenvalue weighted by Crippen LogP contribution is -2.28. The maximum absolute atomic E-state index is 5.38. The van der Waals surface area contributed by atoms with Gasteiger partial charge >= 0.3 is 0 Å². The molecule has 1 aliphatic heterocycles. The third-order valence-electron chi connectivity index (χ3n) is 0.973. The molecule has 0 saturated heterocycles. The number of hydrogen-bond donors (Lipinski definition) is 1. The number of nitrogens with zero attached hydrogens (tertiary/aromatic N) is 1. The van der Waals surface area contributed by atoms with Crippen LogP contribution in [0.2, 0.25) is 0 Å². The minimum absolute atomic E-state index is 0.384. The fraction of sp³-hybridized carbons (Fsp3) is 0.600. The Bertz CT molecular complexity index is 124. The van der Waals surface area contributed by atoms with Gasteiger partial charge < -0.3 is 9.47 Å². The lowest BCUT2D eigenvalue weighted by Gasteiger charge is -2.11. The molecule has 0 aliphatic carbocycles. The second-order valence-corrected chi connectivity index (χ2v) is 1.65. The zero-order chi connectivity index (χ0) is 6.69. The largest absolute Gasteiger partial charge is 0.476 e. The fourth-order valence-electron chi connectivity index (χ4n) is 0.585. The molecule has 0 saturated carbocycles. The van der Waals surface area contributed by atoms with Crippen molar-refractivity contribution in [3.63, 3.8) is 0 Å². The SMILES string of the molecule is CCOC1=COCN1N. The zero-order valence-electron chi connectivity index (χ0n) is 5.33. The fourth-order valence-corrected chi connectivity index (χ4v) is 0.585. The van der Waals surface area contributed by atoms with Crippen LogP contribution < -0.4 is 5.84 Å². The second-order valence-electron chi connectivity index (χ2n) is 1.65. The molecule has 4 heteroatoms. The maximum Gasteiger partial charge on any atom is 0.242 e. The Kier molecular flexibility index (Phi) is 1.79. The van der Waals surface area contributed by atoms with Crippen molar-refractivity contribution in [2.45, 2.75) is 6.92 Å². The topological polar surface area (TPSA) is 47.7 Å². The molecule has 0 radical (unpaired) electrons. The van der Waals surface area contributed by atoms with Crippen LogP contribution in [-0.4, -0.2) is 18.3 Å². The van der Waals surface area contributed by atoms with Crippen LogP contribution in [0.25, 0.3) is 0 Å². The summed E-state index contributed by atoms with van der Waals surface area (Å²) in [6.07, 6.45) is 1.50. The van der Waals surface area contributed by atoms with E-state index in [1.807, 2.05) is 6.92 Å². The van der Waals surface area contributed by atoms with Crippen molar-refractivity contribution in [2.75, 3.05) is 13.3 Å². The molecule has 1 rings (SSSR count). The van der Waals surface area contributed by atoms with Gasteiger partial charge in [0.15, 0.2) is 6.73 Å². The molecular formula is C5H10N2O2. The van der Waals surface area contributed by atoms with Gasteiger partial charge in [-0.05, 0) is 6.92 Å². The van der Waals surface area contributed by atoms with E-state index in [0.29, 0.717) is 19.2 Å². The molecule has 0 fully saturated rings. The van der Waals surface area contributed by atoms with E-state index in [0.717, 1.165) is 0 Å². The summed E-state index contributed by atoms with van der Waals surface area (Å²) in [5.41, 5.74) is 0. The minimum atomic E-state index is 0.384. The Morgan fingerprint density at radius 2 is 2.78 bits per heavy atom. The minimum Gasteiger partial charge on any atom is -0.476 e. The van der Waals surface area contributed by atoms with Crippen LogP contribution in [0, 0.1) is 0 Å². The lowest BCUT2D eigenvalue weighted by atomic mass is 10.8. The summed E-state index contributed by atoms with van der Waals surface area (Å²) in [6.45, 7) is 2.89. The van der Waals surface area contributed by atoms with E-state index in [4.69, 9.17) is 15.3 Å². The summed E-state index contributed by atoms with van der Waals surface area (Å²) in [5.74, 6) is 5.98. The predicted octanol–water partition coefficient (Wildman–Crippen LogP) is -0.0148. The third-order valence-corrected chi connectivity index (χ3v) is 0.973. The molecule has 4 nitrogen and oxygen atoms in total. The van der Waals surface area contributed by atoms with Crippen LogP contribution in [0.4, 0.5) is 0 Å². The van der Waals surface area contributed by atoms with Gasteiger partial charge in [-0.25, -0.2) is 10.9 Å². The summed E-state index contributed by atoms with van der Waals surface area (Å²) in [7, 11) is 0. The number of hydrazine groups is 1. The summed E-state index contributed by atoms with van der Waals surface area (Å²) in [6, 6.07) is 0. The first-order valence-corrected chi connectivity index (χ1v) is 2.81. The molecule has 0 bridgehead atoms. The smallest absolute Gasteiger partial charge is 0.242 e. The Morgan fingerprint density at radius 1 is 2.00 bits per heavy atom. The lowest BCUT2D eigenvalue weighted by molar-refractivity contribution is 0.102.